The summed E-state index contributed by atoms with van der Waals surface area (Å²) < 4.78 is 40.7. The van der Waals surface area contributed by atoms with Crippen molar-refractivity contribution in [2.24, 2.45) is 0 Å². The molecular formula is C34H39F2N4O7PS. The Labute approximate surface area is 286 Å². The third-order valence-corrected chi connectivity index (χ3v) is 12.0. The fourth-order valence-electron chi connectivity index (χ4n) is 7.13. The van der Waals surface area contributed by atoms with Gasteiger partial charge in [0.1, 0.15) is 12.1 Å². The zero-order valence-electron chi connectivity index (χ0n) is 27.0. The normalized spacial score (nSPS) is 22.5. The highest BCUT2D eigenvalue weighted by Crippen LogP contribution is 2.59. The van der Waals surface area contributed by atoms with Crippen LogP contribution in [-0.2, 0) is 24.6 Å². The Morgan fingerprint density at radius 2 is 1.71 bits per heavy atom. The first-order valence-corrected chi connectivity index (χ1v) is 18.9. The van der Waals surface area contributed by atoms with E-state index in [0.717, 1.165) is 41.9 Å². The highest BCUT2D eigenvalue weighted by molar-refractivity contribution is 7.52. The van der Waals surface area contributed by atoms with E-state index in [4.69, 9.17) is 0 Å². The first-order chi connectivity index (χ1) is 23.2. The number of carbonyl (C=O) groups is 4. The van der Waals surface area contributed by atoms with Crippen molar-refractivity contribution in [1.82, 2.24) is 20.0 Å². The standard InChI is InChI=1S/C34H39F2N4O7PS/c1-21(22-7-3-2-4-8-22)17-30(41)39-16-13-25-10-11-27(33(44)38-14-5-6-15-38)40(25)32(43)26(20-39)37-31(42)29-19-23-18-24(9-12-28(23)49-29)34(35,36)48(45,46)47/h2-4,7-9,12,18-19,21,25-27H,5-6,10-11,13-17,20H2,1H3,(H,37,42)(H2,45,46,47)/t21-,25+,26-,27-/m0/s1. The molecule has 4 atom stereocenters. The summed E-state index contributed by atoms with van der Waals surface area (Å²) in [5, 5.41) is 2.96. The lowest BCUT2D eigenvalue weighted by Crippen LogP contribution is -2.61. The molecule has 15 heteroatoms. The molecule has 6 rings (SSSR count). The maximum Gasteiger partial charge on any atom is 0.399 e. The summed E-state index contributed by atoms with van der Waals surface area (Å²) in [4.78, 5) is 78.8. The number of likely N-dealkylation sites (tertiary alicyclic amines) is 1. The highest BCUT2D eigenvalue weighted by atomic mass is 32.1. The van der Waals surface area contributed by atoms with Gasteiger partial charge in [-0.3, -0.25) is 23.7 Å². The fourth-order valence-corrected chi connectivity index (χ4v) is 8.55. The van der Waals surface area contributed by atoms with Gasteiger partial charge in [-0.1, -0.05) is 43.3 Å². The summed E-state index contributed by atoms with van der Waals surface area (Å²) >= 11 is 0.969. The SMILES string of the molecule is C[C@@H](CC(=O)N1CC[C@H]2CC[C@@H](C(=O)N3CCCC3)N2C(=O)[C@@H](NC(=O)c2cc3cc(C(F)(F)P(=O)(O)O)ccc3s2)C1)c1ccccc1. The number of carbonyl (C=O) groups excluding carboxylic acids is 4. The number of benzene rings is 2. The minimum absolute atomic E-state index is 0.0831. The molecule has 11 nitrogen and oxygen atoms in total. The van der Waals surface area contributed by atoms with Crippen LogP contribution in [-0.4, -0.2) is 92.4 Å². The summed E-state index contributed by atoms with van der Waals surface area (Å²) in [5.41, 5.74) is -4.30. The molecule has 0 saturated carbocycles. The molecule has 4 amide bonds. The Bertz CT molecular complexity index is 1800. The smallest absolute Gasteiger partial charge is 0.341 e. The van der Waals surface area contributed by atoms with Gasteiger partial charge in [0.2, 0.25) is 17.7 Å². The van der Waals surface area contributed by atoms with E-state index in [2.05, 4.69) is 5.32 Å². The van der Waals surface area contributed by atoms with E-state index in [1.807, 2.05) is 37.3 Å². The van der Waals surface area contributed by atoms with Crippen molar-refractivity contribution in [3.63, 3.8) is 0 Å². The van der Waals surface area contributed by atoms with Gasteiger partial charge in [0.25, 0.3) is 5.91 Å². The van der Waals surface area contributed by atoms with Crippen LogP contribution in [0.25, 0.3) is 10.1 Å². The van der Waals surface area contributed by atoms with Gasteiger partial charge >= 0.3 is 13.3 Å². The quantitative estimate of drug-likeness (QED) is 0.288. The third kappa shape index (κ3) is 7.15. The van der Waals surface area contributed by atoms with Gasteiger partial charge in [-0.2, -0.15) is 8.78 Å². The molecule has 3 fully saturated rings. The van der Waals surface area contributed by atoms with Crippen LogP contribution in [0.2, 0.25) is 0 Å². The number of alkyl halides is 2. The fraction of sp³-hybridized carbons (Fsp3) is 0.471. The summed E-state index contributed by atoms with van der Waals surface area (Å²) in [5.74, 6) is -1.48. The number of nitrogens with zero attached hydrogens (tertiary/aromatic N) is 3. The van der Waals surface area contributed by atoms with E-state index >= 15 is 0 Å². The number of thiophene rings is 1. The van der Waals surface area contributed by atoms with Crippen molar-refractivity contribution in [2.75, 3.05) is 26.2 Å². The number of hydrogen-bond acceptors (Lipinski definition) is 6. The first kappa shape index (κ1) is 35.1. The largest absolute Gasteiger partial charge is 0.399 e. The van der Waals surface area contributed by atoms with Crippen molar-refractivity contribution < 1.29 is 42.3 Å². The molecule has 0 spiro atoms. The molecule has 0 bridgehead atoms. The summed E-state index contributed by atoms with van der Waals surface area (Å²) in [6.45, 7) is 3.46. The Morgan fingerprint density at radius 3 is 2.41 bits per heavy atom. The lowest BCUT2D eigenvalue weighted by atomic mass is 9.96. The van der Waals surface area contributed by atoms with Gasteiger partial charge in [0.15, 0.2) is 0 Å². The Morgan fingerprint density at radius 1 is 1.00 bits per heavy atom. The van der Waals surface area contributed by atoms with Crippen molar-refractivity contribution in [3.8, 4) is 0 Å². The second kappa shape index (κ2) is 13.9. The topological polar surface area (TPSA) is 148 Å². The van der Waals surface area contributed by atoms with Crippen LogP contribution in [0.4, 0.5) is 8.78 Å². The molecule has 262 valence electrons. The van der Waals surface area contributed by atoms with Crippen LogP contribution < -0.4 is 5.32 Å². The van der Waals surface area contributed by atoms with Crippen molar-refractivity contribution >= 4 is 52.6 Å². The molecule has 0 radical (unpaired) electrons. The van der Waals surface area contributed by atoms with Crippen LogP contribution >= 0.6 is 18.9 Å². The summed E-state index contributed by atoms with van der Waals surface area (Å²) in [6, 6.07) is 11.9. The highest BCUT2D eigenvalue weighted by Gasteiger charge is 2.50. The van der Waals surface area contributed by atoms with Crippen LogP contribution in [0.1, 0.15) is 72.2 Å². The van der Waals surface area contributed by atoms with E-state index in [1.54, 1.807) is 14.7 Å². The van der Waals surface area contributed by atoms with E-state index in [1.165, 1.54) is 12.1 Å². The second-order valence-corrected chi connectivity index (χ2v) is 15.9. The molecule has 0 aliphatic carbocycles. The van der Waals surface area contributed by atoms with E-state index in [-0.39, 0.29) is 47.0 Å². The number of hydrogen-bond donors (Lipinski definition) is 3. The van der Waals surface area contributed by atoms with E-state index < -0.39 is 42.7 Å². The van der Waals surface area contributed by atoms with Gasteiger partial charge in [-0.05, 0) is 67.2 Å². The van der Waals surface area contributed by atoms with E-state index in [0.29, 0.717) is 43.6 Å². The maximum absolute atomic E-state index is 14.4. The predicted octanol–water partition coefficient (Wildman–Crippen LogP) is 4.63. The average molecular weight is 717 g/mol. The number of rotatable bonds is 8. The van der Waals surface area contributed by atoms with Crippen molar-refractivity contribution in [2.45, 2.75) is 75.2 Å². The van der Waals surface area contributed by atoms with Crippen LogP contribution in [0.5, 0.6) is 0 Å². The maximum atomic E-state index is 14.4. The minimum atomic E-state index is -5.80. The Hall–Kier alpha value is -3.71. The molecule has 3 saturated heterocycles. The molecule has 1 aromatic heterocycles. The second-order valence-electron chi connectivity index (χ2n) is 13.1. The Kier molecular flexibility index (Phi) is 9.96. The van der Waals surface area contributed by atoms with Crippen LogP contribution in [0.15, 0.2) is 54.6 Å². The molecule has 3 aliphatic rings. The molecule has 3 aromatic rings. The third-order valence-electron chi connectivity index (χ3n) is 9.85. The zero-order valence-corrected chi connectivity index (χ0v) is 28.7. The first-order valence-electron chi connectivity index (χ1n) is 16.5. The number of nitrogens with one attached hydrogen (secondary N) is 1. The lowest BCUT2D eigenvalue weighted by Gasteiger charge is -2.39. The van der Waals surface area contributed by atoms with Crippen molar-refractivity contribution in [1.29, 1.82) is 0 Å². The van der Waals surface area contributed by atoms with Crippen molar-refractivity contribution in [3.05, 3.63) is 70.6 Å². The zero-order chi connectivity index (χ0) is 35.1. The molecule has 3 aliphatic heterocycles. The predicted molar refractivity (Wildman–Crippen MR) is 179 cm³/mol. The number of amides is 4. The molecule has 49 heavy (non-hydrogen) atoms. The van der Waals surface area contributed by atoms with Gasteiger partial charge in [0.05, 0.1) is 4.88 Å². The van der Waals surface area contributed by atoms with E-state index in [9.17, 15) is 42.3 Å². The van der Waals surface area contributed by atoms with Gasteiger partial charge < -0.3 is 29.8 Å². The number of fused-ring (bicyclic) bond motifs is 2. The molecule has 0 unspecified atom stereocenters. The van der Waals surface area contributed by atoms with Crippen LogP contribution in [0.3, 0.4) is 0 Å². The van der Waals surface area contributed by atoms with Crippen LogP contribution in [0, 0.1) is 0 Å². The van der Waals surface area contributed by atoms with Gasteiger partial charge in [-0.15, -0.1) is 11.3 Å². The number of halogens is 2. The molecule has 4 heterocycles. The van der Waals surface area contributed by atoms with Gasteiger partial charge in [-0.25, -0.2) is 0 Å². The monoisotopic (exact) mass is 716 g/mol. The summed E-state index contributed by atoms with van der Waals surface area (Å²) in [6.07, 6.45) is 3.59. The average Bonchev–Trinajstić information content (AvgIpc) is 3.84. The summed E-state index contributed by atoms with van der Waals surface area (Å²) in [7, 11) is -5.80. The Balaban J connectivity index is 1.27. The molecule has 2 aromatic carbocycles. The van der Waals surface area contributed by atoms with Gasteiger partial charge in [0, 0.05) is 48.9 Å². The lowest BCUT2D eigenvalue weighted by molar-refractivity contribution is -0.148. The molecular weight excluding hydrogens is 677 g/mol. The minimum Gasteiger partial charge on any atom is -0.341 e. The molecule has 3 N–H and O–H groups in total.